The van der Waals surface area contributed by atoms with E-state index in [1.165, 1.54) is 12.1 Å². The van der Waals surface area contributed by atoms with Crippen molar-refractivity contribution in [2.45, 2.75) is 12.6 Å². The van der Waals surface area contributed by atoms with Gasteiger partial charge in [-0.05, 0) is 18.6 Å². The van der Waals surface area contributed by atoms with E-state index in [1.54, 1.807) is 12.1 Å². The molecule has 1 heterocycles. The zero-order valence-corrected chi connectivity index (χ0v) is 9.78. The molecule has 0 N–H and O–H groups in total. The van der Waals surface area contributed by atoms with E-state index >= 15 is 0 Å². The molecule has 0 bridgehead atoms. The van der Waals surface area contributed by atoms with Gasteiger partial charge in [-0.1, -0.05) is 18.2 Å². The summed E-state index contributed by atoms with van der Waals surface area (Å²) >= 11 is 0. The van der Waals surface area contributed by atoms with Crippen molar-refractivity contribution in [2.24, 2.45) is 0 Å². The Morgan fingerprint density at radius 2 is 1.58 bits per heavy atom. The van der Waals surface area contributed by atoms with Crippen LogP contribution in [0.1, 0.15) is 27.1 Å². The van der Waals surface area contributed by atoms with Crippen LogP contribution in [0.25, 0.3) is 0 Å². The lowest BCUT2D eigenvalue weighted by Gasteiger charge is -2.11. The third kappa shape index (κ3) is 2.83. The average molecular weight is 269 g/mol. The minimum Gasteiger partial charge on any atom is -0.274 e. The van der Waals surface area contributed by atoms with Crippen molar-refractivity contribution < 1.29 is 22.8 Å². The fourth-order valence-corrected chi connectivity index (χ4v) is 1.86. The molecule has 2 rings (SSSR count). The van der Waals surface area contributed by atoms with Gasteiger partial charge in [0.15, 0.2) is 0 Å². The van der Waals surface area contributed by atoms with Gasteiger partial charge in [-0.2, -0.15) is 13.2 Å². The SMILES string of the molecule is O=C1c2ccccc2C(=O)N1CC/C=C\C(F)(F)F. The lowest BCUT2D eigenvalue weighted by molar-refractivity contribution is -0.0800. The predicted molar refractivity (Wildman–Crippen MR) is 61.6 cm³/mol. The van der Waals surface area contributed by atoms with Crippen LogP contribution in [-0.2, 0) is 0 Å². The van der Waals surface area contributed by atoms with Crippen LogP contribution in [-0.4, -0.2) is 29.4 Å². The Labute approximate surface area is 107 Å². The van der Waals surface area contributed by atoms with Crippen LogP contribution in [0.15, 0.2) is 36.4 Å². The largest absolute Gasteiger partial charge is 0.409 e. The Bertz CT molecular complexity index is 514. The van der Waals surface area contributed by atoms with Crippen LogP contribution >= 0.6 is 0 Å². The maximum absolute atomic E-state index is 11.9. The summed E-state index contributed by atoms with van der Waals surface area (Å²) in [6, 6.07) is 6.33. The molecular weight excluding hydrogens is 259 g/mol. The first-order valence-electron chi connectivity index (χ1n) is 5.60. The first-order valence-corrected chi connectivity index (χ1v) is 5.60. The number of allylic oxidation sites excluding steroid dienone is 1. The maximum atomic E-state index is 11.9. The molecule has 0 aliphatic carbocycles. The van der Waals surface area contributed by atoms with Crippen LogP contribution in [0, 0.1) is 0 Å². The molecule has 0 spiro atoms. The number of benzene rings is 1. The number of halogens is 3. The van der Waals surface area contributed by atoms with E-state index in [0.29, 0.717) is 11.1 Å². The van der Waals surface area contributed by atoms with Gasteiger partial charge < -0.3 is 0 Å². The summed E-state index contributed by atoms with van der Waals surface area (Å²) < 4.78 is 35.7. The van der Waals surface area contributed by atoms with Crippen LogP contribution in [0.5, 0.6) is 0 Å². The van der Waals surface area contributed by atoms with Crippen LogP contribution in [0.4, 0.5) is 13.2 Å². The van der Waals surface area contributed by atoms with Gasteiger partial charge in [-0.3, -0.25) is 14.5 Å². The van der Waals surface area contributed by atoms with Gasteiger partial charge in [0.25, 0.3) is 11.8 Å². The molecule has 100 valence electrons. The predicted octanol–water partition coefficient (Wildman–Crippen LogP) is 2.79. The monoisotopic (exact) mass is 269 g/mol. The standard InChI is InChI=1S/C13H10F3NO2/c14-13(15,16)7-3-4-8-17-11(18)9-5-1-2-6-10(9)12(17)19/h1-3,5-7H,4,8H2/b7-3-. The minimum atomic E-state index is -4.37. The van der Waals surface area contributed by atoms with Crippen molar-refractivity contribution in [1.29, 1.82) is 0 Å². The first-order chi connectivity index (χ1) is 8.90. The lowest BCUT2D eigenvalue weighted by atomic mass is 10.1. The average Bonchev–Trinajstić information content (AvgIpc) is 2.58. The molecule has 0 aromatic heterocycles. The highest BCUT2D eigenvalue weighted by molar-refractivity contribution is 6.21. The Balaban J connectivity index is 2.03. The molecular formula is C13H10F3NO2. The van der Waals surface area contributed by atoms with Gasteiger partial charge in [-0.15, -0.1) is 0 Å². The molecule has 1 aromatic carbocycles. The number of hydrogen-bond acceptors (Lipinski definition) is 2. The van der Waals surface area contributed by atoms with E-state index in [4.69, 9.17) is 0 Å². The number of carbonyl (C=O) groups is 2. The zero-order chi connectivity index (χ0) is 14.0. The molecule has 1 aliphatic rings. The number of amides is 2. The molecule has 0 saturated carbocycles. The van der Waals surface area contributed by atoms with Crippen molar-refractivity contribution in [2.75, 3.05) is 6.54 Å². The van der Waals surface area contributed by atoms with Gasteiger partial charge in [0.2, 0.25) is 0 Å². The molecule has 0 radical (unpaired) electrons. The Hall–Kier alpha value is -2.11. The Morgan fingerprint density at radius 3 is 2.05 bits per heavy atom. The third-order valence-electron chi connectivity index (χ3n) is 2.70. The number of hydrogen-bond donors (Lipinski definition) is 0. The summed E-state index contributed by atoms with van der Waals surface area (Å²) in [7, 11) is 0. The lowest BCUT2D eigenvalue weighted by Crippen LogP contribution is -2.30. The molecule has 6 heteroatoms. The Morgan fingerprint density at radius 1 is 1.05 bits per heavy atom. The van der Waals surface area contributed by atoms with E-state index in [-0.39, 0.29) is 19.0 Å². The van der Waals surface area contributed by atoms with Crippen molar-refractivity contribution in [3.8, 4) is 0 Å². The Kier molecular flexibility index (Phi) is 3.42. The number of nitrogens with zero attached hydrogens (tertiary/aromatic N) is 1. The van der Waals surface area contributed by atoms with E-state index in [2.05, 4.69) is 0 Å². The molecule has 0 fully saturated rings. The van der Waals surface area contributed by atoms with Crippen molar-refractivity contribution in [3.05, 3.63) is 47.5 Å². The third-order valence-corrected chi connectivity index (χ3v) is 2.70. The smallest absolute Gasteiger partial charge is 0.274 e. The van der Waals surface area contributed by atoms with Crippen LogP contribution in [0.2, 0.25) is 0 Å². The summed E-state index contributed by atoms with van der Waals surface area (Å²) in [5, 5.41) is 0. The fraction of sp³-hybridized carbons (Fsp3) is 0.231. The normalized spacial score (nSPS) is 15.4. The van der Waals surface area contributed by atoms with Crippen molar-refractivity contribution in [1.82, 2.24) is 4.90 Å². The molecule has 3 nitrogen and oxygen atoms in total. The van der Waals surface area contributed by atoms with Crippen molar-refractivity contribution in [3.63, 3.8) is 0 Å². The summed E-state index contributed by atoms with van der Waals surface area (Å²) in [4.78, 5) is 24.7. The van der Waals surface area contributed by atoms with Gasteiger partial charge >= 0.3 is 6.18 Å². The van der Waals surface area contributed by atoms with Crippen molar-refractivity contribution >= 4 is 11.8 Å². The number of imide groups is 1. The summed E-state index contributed by atoms with van der Waals surface area (Å²) in [5.74, 6) is -0.915. The minimum absolute atomic E-state index is 0.0228. The number of carbonyl (C=O) groups excluding carboxylic acids is 2. The van der Waals surface area contributed by atoms with Gasteiger partial charge in [0.1, 0.15) is 0 Å². The van der Waals surface area contributed by atoms with Crippen LogP contribution in [0.3, 0.4) is 0 Å². The number of fused-ring (bicyclic) bond motifs is 1. The van der Waals surface area contributed by atoms with E-state index < -0.39 is 18.0 Å². The molecule has 0 atom stereocenters. The van der Waals surface area contributed by atoms with Gasteiger partial charge in [-0.25, -0.2) is 0 Å². The maximum Gasteiger partial charge on any atom is 0.409 e. The molecule has 1 aromatic rings. The first kappa shape index (κ1) is 13.3. The quantitative estimate of drug-likeness (QED) is 0.625. The van der Waals surface area contributed by atoms with Crippen LogP contribution < -0.4 is 0 Å². The van der Waals surface area contributed by atoms with Gasteiger partial charge in [0.05, 0.1) is 11.1 Å². The summed E-state index contributed by atoms with van der Waals surface area (Å²) in [6.07, 6.45) is -3.39. The van der Waals surface area contributed by atoms with E-state index in [9.17, 15) is 22.8 Å². The molecule has 0 unspecified atom stereocenters. The second kappa shape index (κ2) is 4.87. The van der Waals surface area contributed by atoms with E-state index in [1.807, 2.05) is 0 Å². The molecule has 1 aliphatic heterocycles. The summed E-state index contributed by atoms with van der Waals surface area (Å²) in [5.41, 5.74) is 0.597. The number of rotatable bonds is 3. The molecule has 19 heavy (non-hydrogen) atoms. The fourth-order valence-electron chi connectivity index (χ4n) is 1.86. The van der Waals surface area contributed by atoms with E-state index in [0.717, 1.165) is 11.0 Å². The number of alkyl halides is 3. The van der Waals surface area contributed by atoms with Gasteiger partial charge in [0, 0.05) is 12.6 Å². The highest BCUT2D eigenvalue weighted by atomic mass is 19.4. The second-order valence-corrected chi connectivity index (χ2v) is 4.04. The topological polar surface area (TPSA) is 37.4 Å². The highest BCUT2D eigenvalue weighted by Gasteiger charge is 2.34. The zero-order valence-electron chi connectivity index (χ0n) is 9.78. The second-order valence-electron chi connectivity index (χ2n) is 4.04. The molecule has 2 amide bonds. The molecule has 0 saturated heterocycles. The highest BCUT2D eigenvalue weighted by Crippen LogP contribution is 2.22. The summed E-state index contributed by atoms with van der Waals surface area (Å²) in [6.45, 7) is -0.0566.